The van der Waals surface area contributed by atoms with Crippen molar-refractivity contribution in [3.05, 3.63) is 40.8 Å². The fraction of sp³-hybridized carbons (Fsp3) is 0.333. The van der Waals surface area contributed by atoms with Gasteiger partial charge in [0.1, 0.15) is 0 Å². The quantitative estimate of drug-likeness (QED) is 0.730. The van der Waals surface area contributed by atoms with E-state index in [-0.39, 0.29) is 5.41 Å². The molecule has 0 radical (unpaired) electrons. The Morgan fingerprint density at radius 1 is 1.06 bits per heavy atom. The van der Waals surface area contributed by atoms with Gasteiger partial charge in [-0.15, -0.1) is 11.3 Å². The summed E-state index contributed by atoms with van der Waals surface area (Å²) < 4.78 is 0. The van der Waals surface area contributed by atoms with E-state index >= 15 is 0 Å². The lowest BCUT2D eigenvalue weighted by atomic mass is 9.95. The first-order valence-corrected chi connectivity index (χ1v) is 6.66. The zero-order chi connectivity index (χ0) is 12.6. The molecule has 90 valence electrons. The van der Waals surface area contributed by atoms with Crippen LogP contribution in [0.1, 0.15) is 31.2 Å². The highest BCUT2D eigenvalue weighted by atomic mass is 32.1. The molecule has 0 fully saturated rings. The van der Waals surface area contributed by atoms with Crippen LogP contribution in [0.4, 0.5) is 5.69 Å². The van der Waals surface area contributed by atoms with Crippen LogP contribution in [0.15, 0.2) is 30.3 Å². The summed E-state index contributed by atoms with van der Waals surface area (Å²) in [4.78, 5) is 2.74. The molecule has 0 aliphatic rings. The molecule has 0 saturated heterocycles. The predicted octanol–water partition coefficient (Wildman–Crippen LogP) is 4.60. The minimum atomic E-state index is 0.228. The number of thiophene rings is 1. The molecule has 17 heavy (non-hydrogen) atoms. The van der Waals surface area contributed by atoms with E-state index in [1.54, 1.807) is 0 Å². The molecule has 2 N–H and O–H groups in total. The van der Waals surface area contributed by atoms with Crippen molar-refractivity contribution >= 4 is 17.0 Å². The molecule has 1 heterocycles. The summed E-state index contributed by atoms with van der Waals surface area (Å²) in [5.41, 5.74) is 9.34. The zero-order valence-corrected chi connectivity index (χ0v) is 11.7. The predicted molar refractivity (Wildman–Crippen MR) is 77.6 cm³/mol. The molecule has 2 aromatic rings. The van der Waals surface area contributed by atoms with Crippen LogP contribution < -0.4 is 5.73 Å². The number of hydrogen-bond acceptors (Lipinski definition) is 2. The number of anilines is 1. The Hall–Kier alpha value is -1.28. The van der Waals surface area contributed by atoms with Gasteiger partial charge >= 0.3 is 0 Å². The molecule has 1 aromatic carbocycles. The van der Waals surface area contributed by atoms with Crippen LogP contribution in [0, 0.1) is 6.92 Å². The third kappa shape index (κ3) is 2.52. The summed E-state index contributed by atoms with van der Waals surface area (Å²) in [5.74, 6) is 0. The Bertz CT molecular complexity index is 532. The van der Waals surface area contributed by atoms with Crippen molar-refractivity contribution in [2.24, 2.45) is 0 Å². The lowest BCUT2D eigenvalue weighted by Gasteiger charge is -2.15. The second kappa shape index (κ2) is 4.19. The van der Waals surface area contributed by atoms with Crippen LogP contribution in [-0.2, 0) is 5.41 Å². The molecule has 0 unspecified atom stereocenters. The van der Waals surface area contributed by atoms with Crippen molar-refractivity contribution in [3.63, 3.8) is 0 Å². The van der Waals surface area contributed by atoms with Crippen LogP contribution >= 0.6 is 11.3 Å². The second-order valence-corrected chi connectivity index (χ2v) is 6.57. The SMILES string of the molecule is Cc1cc(-c2ccc(C(C)(C)C)s2)ccc1N. The van der Waals surface area contributed by atoms with Crippen molar-refractivity contribution in [2.45, 2.75) is 33.1 Å². The highest BCUT2D eigenvalue weighted by molar-refractivity contribution is 7.15. The summed E-state index contributed by atoms with van der Waals surface area (Å²) in [6.07, 6.45) is 0. The van der Waals surface area contributed by atoms with E-state index < -0.39 is 0 Å². The third-order valence-electron chi connectivity index (χ3n) is 2.90. The van der Waals surface area contributed by atoms with Gasteiger partial charge in [-0.25, -0.2) is 0 Å². The number of nitrogens with two attached hydrogens (primary N) is 1. The lowest BCUT2D eigenvalue weighted by molar-refractivity contribution is 0.604. The normalized spacial score (nSPS) is 11.8. The molecule has 0 aliphatic heterocycles. The number of benzene rings is 1. The molecule has 1 aromatic heterocycles. The van der Waals surface area contributed by atoms with E-state index in [9.17, 15) is 0 Å². The van der Waals surface area contributed by atoms with Gasteiger partial charge in [0.2, 0.25) is 0 Å². The van der Waals surface area contributed by atoms with E-state index in [4.69, 9.17) is 5.73 Å². The summed E-state index contributed by atoms with van der Waals surface area (Å²) in [6, 6.07) is 10.7. The molecular weight excluding hydrogens is 226 g/mol. The average Bonchev–Trinajstić information content (AvgIpc) is 2.70. The molecule has 2 heteroatoms. The fourth-order valence-electron chi connectivity index (χ4n) is 1.73. The van der Waals surface area contributed by atoms with Gasteiger partial charge in [-0.05, 0) is 47.7 Å². The summed E-state index contributed by atoms with van der Waals surface area (Å²) in [6.45, 7) is 8.79. The highest BCUT2D eigenvalue weighted by Crippen LogP contribution is 2.35. The van der Waals surface area contributed by atoms with E-state index in [0.717, 1.165) is 11.3 Å². The van der Waals surface area contributed by atoms with Crippen LogP contribution in [-0.4, -0.2) is 0 Å². The Balaban J connectivity index is 2.40. The standard InChI is InChI=1S/C15H19NS/c1-10-9-11(5-6-12(10)16)13-7-8-14(17-13)15(2,3)4/h5-9H,16H2,1-4H3. The molecule has 0 atom stereocenters. The Morgan fingerprint density at radius 2 is 1.76 bits per heavy atom. The Kier molecular flexibility index (Phi) is 3.00. The van der Waals surface area contributed by atoms with Crippen LogP contribution in [0.2, 0.25) is 0 Å². The Morgan fingerprint density at radius 3 is 2.29 bits per heavy atom. The smallest absolute Gasteiger partial charge is 0.0345 e. The Labute approximate surface area is 107 Å². The molecule has 0 bridgehead atoms. The van der Waals surface area contributed by atoms with Crippen molar-refractivity contribution in [1.82, 2.24) is 0 Å². The van der Waals surface area contributed by atoms with E-state index in [1.807, 2.05) is 17.4 Å². The van der Waals surface area contributed by atoms with Crippen molar-refractivity contribution in [2.75, 3.05) is 5.73 Å². The topological polar surface area (TPSA) is 26.0 Å². The molecule has 0 spiro atoms. The first-order chi connectivity index (χ1) is 7.88. The first-order valence-electron chi connectivity index (χ1n) is 5.85. The largest absolute Gasteiger partial charge is 0.399 e. The van der Waals surface area contributed by atoms with Crippen LogP contribution in [0.5, 0.6) is 0 Å². The molecule has 0 saturated carbocycles. The van der Waals surface area contributed by atoms with Gasteiger partial charge in [0.25, 0.3) is 0 Å². The molecule has 0 amide bonds. The minimum absolute atomic E-state index is 0.228. The monoisotopic (exact) mass is 245 g/mol. The molecular formula is C15H19NS. The third-order valence-corrected chi connectivity index (χ3v) is 4.46. The maximum Gasteiger partial charge on any atom is 0.0345 e. The van der Waals surface area contributed by atoms with Gasteiger partial charge in [-0.2, -0.15) is 0 Å². The van der Waals surface area contributed by atoms with Crippen molar-refractivity contribution in [1.29, 1.82) is 0 Å². The maximum absolute atomic E-state index is 5.84. The maximum atomic E-state index is 5.84. The minimum Gasteiger partial charge on any atom is -0.399 e. The highest BCUT2D eigenvalue weighted by Gasteiger charge is 2.16. The van der Waals surface area contributed by atoms with Gasteiger partial charge < -0.3 is 5.73 Å². The summed E-state index contributed by atoms with van der Waals surface area (Å²) >= 11 is 1.87. The van der Waals surface area contributed by atoms with Gasteiger partial charge in [-0.3, -0.25) is 0 Å². The summed E-state index contributed by atoms with van der Waals surface area (Å²) in [5, 5.41) is 0. The molecule has 1 nitrogen and oxygen atoms in total. The summed E-state index contributed by atoms with van der Waals surface area (Å²) in [7, 11) is 0. The van der Waals surface area contributed by atoms with E-state index in [0.29, 0.717) is 0 Å². The first kappa shape index (κ1) is 12.2. The van der Waals surface area contributed by atoms with Gasteiger partial charge in [-0.1, -0.05) is 26.8 Å². The van der Waals surface area contributed by atoms with E-state index in [2.05, 4.69) is 52.0 Å². The van der Waals surface area contributed by atoms with E-state index in [1.165, 1.54) is 15.3 Å². The van der Waals surface area contributed by atoms with Gasteiger partial charge in [0.05, 0.1) is 0 Å². The molecule has 2 rings (SSSR count). The second-order valence-electron chi connectivity index (χ2n) is 5.49. The number of aryl methyl sites for hydroxylation is 1. The number of hydrogen-bond donors (Lipinski definition) is 1. The average molecular weight is 245 g/mol. The van der Waals surface area contributed by atoms with Gasteiger partial charge in [0.15, 0.2) is 0 Å². The molecule has 0 aliphatic carbocycles. The lowest BCUT2D eigenvalue weighted by Crippen LogP contribution is -2.07. The zero-order valence-electron chi connectivity index (χ0n) is 10.9. The number of nitrogen functional groups attached to an aromatic ring is 1. The van der Waals surface area contributed by atoms with Gasteiger partial charge in [0, 0.05) is 15.4 Å². The van der Waals surface area contributed by atoms with Crippen LogP contribution in [0.3, 0.4) is 0 Å². The fourth-order valence-corrected chi connectivity index (χ4v) is 2.79. The van der Waals surface area contributed by atoms with Crippen LogP contribution in [0.25, 0.3) is 10.4 Å². The van der Waals surface area contributed by atoms with Crippen molar-refractivity contribution < 1.29 is 0 Å². The number of rotatable bonds is 1. The van der Waals surface area contributed by atoms with Crippen molar-refractivity contribution in [3.8, 4) is 10.4 Å².